The van der Waals surface area contributed by atoms with Gasteiger partial charge in [-0.15, -0.1) is 0 Å². The molecule has 0 aliphatic rings. The van der Waals surface area contributed by atoms with E-state index in [0.29, 0.717) is 17.1 Å². The van der Waals surface area contributed by atoms with Gasteiger partial charge in [-0.05, 0) is 43.2 Å². The second-order valence-electron chi connectivity index (χ2n) is 5.77. The SMILES string of the molecule is Cc1cccc(C)c1Oc1ccccc1NC(=O)/C=C/c1cnccn1. The van der Waals surface area contributed by atoms with Crippen LogP contribution in [0.2, 0.25) is 0 Å². The highest BCUT2D eigenvalue weighted by molar-refractivity contribution is 6.02. The van der Waals surface area contributed by atoms with Gasteiger partial charge in [0.1, 0.15) is 5.75 Å². The van der Waals surface area contributed by atoms with Crippen molar-refractivity contribution in [1.82, 2.24) is 9.97 Å². The highest BCUT2D eigenvalue weighted by atomic mass is 16.5. The van der Waals surface area contributed by atoms with Crippen LogP contribution in [0.5, 0.6) is 11.5 Å². The van der Waals surface area contributed by atoms with Gasteiger partial charge in [0.15, 0.2) is 5.75 Å². The number of para-hydroxylation sites is 3. The van der Waals surface area contributed by atoms with Gasteiger partial charge in [-0.25, -0.2) is 0 Å². The van der Waals surface area contributed by atoms with Crippen molar-refractivity contribution in [2.24, 2.45) is 0 Å². The van der Waals surface area contributed by atoms with E-state index < -0.39 is 0 Å². The van der Waals surface area contributed by atoms with E-state index in [4.69, 9.17) is 4.74 Å². The first-order chi connectivity index (χ1) is 12.6. The minimum absolute atomic E-state index is 0.270. The van der Waals surface area contributed by atoms with Crippen molar-refractivity contribution in [1.29, 1.82) is 0 Å². The molecule has 0 fully saturated rings. The van der Waals surface area contributed by atoms with Crippen LogP contribution in [0, 0.1) is 13.8 Å². The second kappa shape index (κ2) is 8.07. The Morgan fingerprint density at radius 3 is 2.54 bits per heavy atom. The number of benzene rings is 2. The maximum absolute atomic E-state index is 12.2. The molecule has 0 bridgehead atoms. The van der Waals surface area contributed by atoms with Gasteiger partial charge < -0.3 is 10.1 Å². The van der Waals surface area contributed by atoms with Crippen molar-refractivity contribution in [2.75, 3.05) is 5.32 Å². The maximum atomic E-state index is 12.2. The summed E-state index contributed by atoms with van der Waals surface area (Å²) in [5.41, 5.74) is 3.29. The number of carbonyl (C=O) groups excluding carboxylic acids is 1. The highest BCUT2D eigenvalue weighted by Crippen LogP contribution is 2.33. The van der Waals surface area contributed by atoms with E-state index in [9.17, 15) is 4.79 Å². The average molecular weight is 345 g/mol. The fourth-order valence-electron chi connectivity index (χ4n) is 2.46. The van der Waals surface area contributed by atoms with Crippen LogP contribution >= 0.6 is 0 Å². The molecule has 0 radical (unpaired) electrons. The lowest BCUT2D eigenvalue weighted by Crippen LogP contribution is -2.09. The molecule has 0 aliphatic heterocycles. The van der Waals surface area contributed by atoms with E-state index >= 15 is 0 Å². The summed E-state index contributed by atoms with van der Waals surface area (Å²) in [7, 11) is 0. The quantitative estimate of drug-likeness (QED) is 0.690. The van der Waals surface area contributed by atoms with E-state index in [0.717, 1.165) is 16.9 Å². The molecule has 3 aromatic rings. The maximum Gasteiger partial charge on any atom is 0.248 e. The van der Waals surface area contributed by atoms with Crippen molar-refractivity contribution >= 4 is 17.7 Å². The molecule has 1 heterocycles. The summed E-state index contributed by atoms with van der Waals surface area (Å²) in [4.78, 5) is 20.3. The van der Waals surface area contributed by atoms with E-state index in [1.807, 2.05) is 50.2 Å². The molecule has 26 heavy (non-hydrogen) atoms. The zero-order valence-corrected chi connectivity index (χ0v) is 14.6. The smallest absolute Gasteiger partial charge is 0.248 e. The summed E-state index contributed by atoms with van der Waals surface area (Å²) < 4.78 is 6.07. The Hall–Kier alpha value is -3.47. The zero-order valence-electron chi connectivity index (χ0n) is 14.6. The minimum Gasteiger partial charge on any atom is -0.455 e. The Kier molecular flexibility index (Phi) is 5.39. The predicted molar refractivity (Wildman–Crippen MR) is 102 cm³/mol. The molecule has 5 heteroatoms. The van der Waals surface area contributed by atoms with Crippen LogP contribution in [0.15, 0.2) is 67.1 Å². The molecular formula is C21H19N3O2. The van der Waals surface area contributed by atoms with Crippen molar-refractivity contribution in [2.45, 2.75) is 13.8 Å². The Morgan fingerprint density at radius 2 is 1.81 bits per heavy atom. The first-order valence-corrected chi connectivity index (χ1v) is 8.21. The van der Waals surface area contributed by atoms with Gasteiger partial charge in [-0.1, -0.05) is 30.3 Å². The molecule has 0 saturated carbocycles. The third kappa shape index (κ3) is 4.33. The van der Waals surface area contributed by atoms with E-state index in [2.05, 4.69) is 15.3 Å². The Balaban J connectivity index is 1.77. The summed E-state index contributed by atoms with van der Waals surface area (Å²) in [5, 5.41) is 2.84. The number of aromatic nitrogens is 2. The van der Waals surface area contributed by atoms with Crippen LogP contribution in [-0.2, 0) is 4.79 Å². The molecule has 3 rings (SSSR count). The molecule has 5 nitrogen and oxygen atoms in total. The molecule has 0 unspecified atom stereocenters. The third-order valence-electron chi connectivity index (χ3n) is 3.75. The van der Waals surface area contributed by atoms with Crippen molar-refractivity contribution in [3.8, 4) is 11.5 Å². The number of aryl methyl sites for hydroxylation is 2. The van der Waals surface area contributed by atoms with Gasteiger partial charge in [0.2, 0.25) is 5.91 Å². The zero-order chi connectivity index (χ0) is 18.4. The molecular weight excluding hydrogens is 326 g/mol. The van der Waals surface area contributed by atoms with Crippen LogP contribution < -0.4 is 10.1 Å². The fraction of sp³-hybridized carbons (Fsp3) is 0.0952. The molecule has 1 N–H and O–H groups in total. The van der Waals surface area contributed by atoms with Crippen molar-refractivity contribution < 1.29 is 9.53 Å². The normalized spacial score (nSPS) is 10.7. The first-order valence-electron chi connectivity index (χ1n) is 8.21. The molecule has 0 aliphatic carbocycles. The summed E-state index contributed by atoms with van der Waals surface area (Å²) in [5.74, 6) is 1.11. The van der Waals surface area contributed by atoms with Crippen LogP contribution in [0.4, 0.5) is 5.69 Å². The topological polar surface area (TPSA) is 64.1 Å². The van der Waals surface area contributed by atoms with E-state index in [1.54, 1.807) is 30.7 Å². The Bertz CT molecular complexity index is 917. The molecule has 1 aromatic heterocycles. The number of nitrogens with one attached hydrogen (secondary N) is 1. The number of anilines is 1. The molecule has 0 saturated heterocycles. The first kappa shape index (κ1) is 17.4. The number of hydrogen-bond donors (Lipinski definition) is 1. The van der Waals surface area contributed by atoms with Crippen LogP contribution in [0.1, 0.15) is 16.8 Å². The molecule has 130 valence electrons. The summed E-state index contributed by atoms with van der Waals surface area (Å²) in [6.07, 6.45) is 7.77. The molecule has 0 spiro atoms. The fourth-order valence-corrected chi connectivity index (χ4v) is 2.46. The van der Waals surface area contributed by atoms with Gasteiger partial charge in [0.25, 0.3) is 0 Å². The third-order valence-corrected chi connectivity index (χ3v) is 3.75. The summed E-state index contributed by atoms with van der Waals surface area (Å²) in [6.45, 7) is 3.99. The van der Waals surface area contributed by atoms with Crippen molar-refractivity contribution in [3.63, 3.8) is 0 Å². The Labute approximate surface area is 152 Å². The number of hydrogen-bond acceptors (Lipinski definition) is 4. The predicted octanol–water partition coefficient (Wildman–Crippen LogP) is 4.54. The number of nitrogens with zero attached hydrogens (tertiary/aromatic N) is 2. The minimum atomic E-state index is -0.270. The molecule has 1 amide bonds. The second-order valence-corrected chi connectivity index (χ2v) is 5.77. The lowest BCUT2D eigenvalue weighted by Gasteiger charge is -2.14. The Morgan fingerprint density at radius 1 is 1.04 bits per heavy atom. The number of amides is 1. The van der Waals surface area contributed by atoms with E-state index in [1.165, 1.54) is 6.08 Å². The number of ether oxygens (including phenoxy) is 1. The summed E-state index contributed by atoms with van der Waals surface area (Å²) >= 11 is 0. The van der Waals surface area contributed by atoms with Gasteiger partial charge in [0, 0.05) is 18.5 Å². The molecule has 0 atom stereocenters. The lowest BCUT2D eigenvalue weighted by molar-refractivity contribution is -0.111. The largest absolute Gasteiger partial charge is 0.455 e. The lowest BCUT2D eigenvalue weighted by atomic mass is 10.1. The van der Waals surface area contributed by atoms with Gasteiger partial charge in [-0.3, -0.25) is 14.8 Å². The monoisotopic (exact) mass is 345 g/mol. The summed E-state index contributed by atoms with van der Waals surface area (Å²) in [6, 6.07) is 13.3. The number of carbonyl (C=O) groups is 1. The van der Waals surface area contributed by atoms with Crippen LogP contribution in [-0.4, -0.2) is 15.9 Å². The van der Waals surface area contributed by atoms with E-state index in [-0.39, 0.29) is 5.91 Å². The van der Waals surface area contributed by atoms with Crippen LogP contribution in [0.3, 0.4) is 0 Å². The standard InChI is InChI=1S/C21H19N3O2/c1-15-6-5-7-16(2)21(15)26-19-9-4-3-8-18(19)24-20(25)11-10-17-14-22-12-13-23-17/h3-14H,1-2H3,(H,24,25)/b11-10+. The van der Waals surface area contributed by atoms with Crippen molar-refractivity contribution in [3.05, 3.63) is 84.0 Å². The highest BCUT2D eigenvalue weighted by Gasteiger charge is 2.10. The van der Waals surface area contributed by atoms with Crippen LogP contribution in [0.25, 0.3) is 6.08 Å². The number of rotatable bonds is 5. The molecule has 2 aromatic carbocycles. The van der Waals surface area contributed by atoms with Gasteiger partial charge in [-0.2, -0.15) is 0 Å². The average Bonchev–Trinajstić information content (AvgIpc) is 2.65. The van der Waals surface area contributed by atoms with Gasteiger partial charge >= 0.3 is 0 Å². The van der Waals surface area contributed by atoms with Gasteiger partial charge in [0.05, 0.1) is 17.6 Å².